The topological polar surface area (TPSA) is 102 Å². The minimum atomic E-state index is -0.398. The zero-order valence-corrected chi connectivity index (χ0v) is 20.2. The van der Waals surface area contributed by atoms with Gasteiger partial charge in [0.1, 0.15) is 11.4 Å². The first kappa shape index (κ1) is 23.6. The summed E-state index contributed by atoms with van der Waals surface area (Å²) < 4.78 is 3.58. The smallest absolute Gasteiger partial charge is 0.312 e. The average Bonchev–Trinajstić information content (AvgIpc) is 3.31. The lowest BCUT2D eigenvalue weighted by molar-refractivity contribution is -0.386. The van der Waals surface area contributed by atoms with E-state index >= 15 is 0 Å². The van der Waals surface area contributed by atoms with Gasteiger partial charge in [-0.25, -0.2) is 0 Å². The maximum Gasteiger partial charge on any atom is 0.312 e. The second-order valence-electron chi connectivity index (χ2n) is 8.80. The van der Waals surface area contributed by atoms with Crippen LogP contribution in [0.15, 0.2) is 30.5 Å². The molecule has 0 N–H and O–H groups in total. The Labute approximate surface area is 198 Å². The number of carbonyl (C=O) groups excluding carboxylic acids is 1. The van der Waals surface area contributed by atoms with Crippen LogP contribution in [0.1, 0.15) is 45.5 Å². The Balaban J connectivity index is 1.39. The molecule has 0 unspecified atom stereocenters. The highest BCUT2D eigenvalue weighted by atomic mass is 16.6. The largest absolute Gasteiger partial charge is 0.336 e. The normalized spacial score (nSPS) is 14.5. The van der Waals surface area contributed by atoms with Crippen LogP contribution < -0.4 is 0 Å². The van der Waals surface area contributed by atoms with E-state index in [1.54, 1.807) is 18.5 Å². The Morgan fingerprint density at radius 3 is 2.41 bits per heavy atom. The number of rotatable bonds is 7. The van der Waals surface area contributed by atoms with Gasteiger partial charge in [0.2, 0.25) is 0 Å². The highest BCUT2D eigenvalue weighted by Crippen LogP contribution is 2.23. The summed E-state index contributed by atoms with van der Waals surface area (Å²) in [4.78, 5) is 28.3. The van der Waals surface area contributed by atoms with E-state index < -0.39 is 4.92 Å². The first-order valence-electron chi connectivity index (χ1n) is 11.6. The first-order valence-corrected chi connectivity index (χ1v) is 11.6. The Kier molecular flexibility index (Phi) is 6.78. The number of nitrogens with zero attached hydrogens (tertiary/aromatic N) is 7. The summed E-state index contributed by atoms with van der Waals surface area (Å²) in [5.74, 6) is 0.0100. The van der Waals surface area contributed by atoms with Gasteiger partial charge >= 0.3 is 5.69 Å². The number of hydrogen-bond acceptors (Lipinski definition) is 6. The predicted octanol–water partition coefficient (Wildman–Crippen LogP) is 2.94. The molecule has 0 saturated carbocycles. The summed E-state index contributed by atoms with van der Waals surface area (Å²) in [5.41, 5.74) is 4.75. The Morgan fingerprint density at radius 2 is 1.79 bits per heavy atom. The molecule has 10 nitrogen and oxygen atoms in total. The lowest BCUT2D eigenvalue weighted by Crippen LogP contribution is -2.48. The fraction of sp³-hybridized carbons (Fsp3) is 0.458. The minimum absolute atomic E-state index is 0.0100. The van der Waals surface area contributed by atoms with Crippen LogP contribution in [0.4, 0.5) is 5.69 Å². The van der Waals surface area contributed by atoms with E-state index in [-0.39, 0.29) is 11.6 Å². The van der Waals surface area contributed by atoms with Crippen molar-refractivity contribution < 1.29 is 9.72 Å². The van der Waals surface area contributed by atoms with E-state index in [2.05, 4.69) is 28.2 Å². The fourth-order valence-corrected chi connectivity index (χ4v) is 4.49. The Hall–Kier alpha value is -3.53. The van der Waals surface area contributed by atoms with E-state index in [0.717, 1.165) is 37.4 Å². The van der Waals surface area contributed by atoms with Crippen molar-refractivity contribution in [1.29, 1.82) is 0 Å². The molecule has 0 radical (unpaired) electrons. The molecule has 3 heterocycles. The molecule has 34 heavy (non-hydrogen) atoms. The van der Waals surface area contributed by atoms with Crippen LogP contribution in [0.25, 0.3) is 0 Å². The van der Waals surface area contributed by atoms with Gasteiger partial charge in [-0.2, -0.15) is 10.2 Å². The van der Waals surface area contributed by atoms with Crippen molar-refractivity contribution in [2.45, 2.75) is 47.3 Å². The standard InChI is InChI=1S/C24H31N7O3/c1-5-29-16-22(17(2)25-29)15-27-9-11-28(12-10-27)24(32)21-8-6-7-20(13-21)14-30-19(4)23(31(33)34)18(3)26-30/h6-8,13,16H,5,9-12,14-15H2,1-4H3. The van der Waals surface area contributed by atoms with Gasteiger partial charge < -0.3 is 4.90 Å². The lowest BCUT2D eigenvalue weighted by atomic mass is 10.1. The summed E-state index contributed by atoms with van der Waals surface area (Å²) in [6, 6.07) is 7.45. The van der Waals surface area contributed by atoms with E-state index in [0.29, 0.717) is 36.6 Å². The summed E-state index contributed by atoms with van der Waals surface area (Å²) in [7, 11) is 0. The molecule has 0 atom stereocenters. The van der Waals surface area contributed by atoms with Gasteiger partial charge in [-0.05, 0) is 45.4 Å². The Morgan fingerprint density at radius 1 is 1.06 bits per heavy atom. The third-order valence-electron chi connectivity index (χ3n) is 6.46. The number of nitro groups is 1. The van der Waals surface area contributed by atoms with Crippen molar-refractivity contribution in [3.8, 4) is 0 Å². The van der Waals surface area contributed by atoms with Crippen molar-refractivity contribution >= 4 is 11.6 Å². The molecule has 1 amide bonds. The number of amides is 1. The van der Waals surface area contributed by atoms with Crippen LogP contribution in [0.2, 0.25) is 0 Å². The van der Waals surface area contributed by atoms with E-state index in [1.165, 1.54) is 5.56 Å². The molecule has 0 bridgehead atoms. The molecule has 1 aliphatic heterocycles. The molecule has 1 fully saturated rings. The molecule has 10 heteroatoms. The second-order valence-corrected chi connectivity index (χ2v) is 8.80. The second kappa shape index (κ2) is 9.76. The van der Waals surface area contributed by atoms with Crippen molar-refractivity contribution in [1.82, 2.24) is 29.4 Å². The zero-order valence-electron chi connectivity index (χ0n) is 20.2. The maximum atomic E-state index is 13.2. The molecule has 4 rings (SSSR count). The predicted molar refractivity (Wildman–Crippen MR) is 128 cm³/mol. The monoisotopic (exact) mass is 465 g/mol. The third kappa shape index (κ3) is 4.86. The van der Waals surface area contributed by atoms with Gasteiger partial charge in [0.15, 0.2) is 0 Å². The van der Waals surface area contributed by atoms with Crippen LogP contribution in [0.3, 0.4) is 0 Å². The number of hydrogen-bond donors (Lipinski definition) is 0. The Bertz CT molecular complexity index is 1210. The van der Waals surface area contributed by atoms with Crippen LogP contribution in [0.5, 0.6) is 0 Å². The number of aryl methyl sites for hydroxylation is 3. The zero-order chi connectivity index (χ0) is 24.4. The fourth-order valence-electron chi connectivity index (χ4n) is 4.49. The van der Waals surface area contributed by atoms with Crippen LogP contribution in [-0.4, -0.2) is 66.4 Å². The SMILES string of the molecule is CCn1cc(CN2CCN(C(=O)c3cccc(Cn4nc(C)c([N+](=O)[O-])c4C)c3)CC2)c(C)n1. The summed E-state index contributed by atoms with van der Waals surface area (Å²) in [6.45, 7) is 12.5. The van der Waals surface area contributed by atoms with Crippen molar-refractivity contribution in [3.05, 3.63) is 74.3 Å². The van der Waals surface area contributed by atoms with E-state index in [1.807, 2.05) is 40.8 Å². The van der Waals surface area contributed by atoms with Gasteiger partial charge in [-0.3, -0.25) is 29.2 Å². The molecule has 1 saturated heterocycles. The first-order chi connectivity index (χ1) is 16.3. The van der Waals surface area contributed by atoms with Crippen LogP contribution >= 0.6 is 0 Å². The van der Waals surface area contributed by atoms with Gasteiger partial charge in [-0.1, -0.05) is 12.1 Å². The quantitative estimate of drug-likeness (QED) is 0.393. The number of carbonyl (C=O) groups is 1. The van der Waals surface area contributed by atoms with Crippen LogP contribution in [-0.2, 0) is 19.6 Å². The third-order valence-corrected chi connectivity index (χ3v) is 6.46. The average molecular weight is 466 g/mol. The number of piperazine rings is 1. The number of aromatic nitrogens is 4. The van der Waals surface area contributed by atoms with Crippen molar-refractivity contribution in [2.24, 2.45) is 0 Å². The van der Waals surface area contributed by atoms with Gasteiger partial charge in [0.05, 0.1) is 17.2 Å². The van der Waals surface area contributed by atoms with Crippen molar-refractivity contribution in [3.63, 3.8) is 0 Å². The van der Waals surface area contributed by atoms with Crippen molar-refractivity contribution in [2.75, 3.05) is 26.2 Å². The highest BCUT2D eigenvalue weighted by molar-refractivity contribution is 5.94. The molecular weight excluding hydrogens is 434 g/mol. The molecule has 1 aromatic carbocycles. The minimum Gasteiger partial charge on any atom is -0.336 e. The molecular formula is C24H31N7O3. The van der Waals surface area contributed by atoms with Gasteiger partial charge in [0, 0.05) is 56.6 Å². The summed E-state index contributed by atoms with van der Waals surface area (Å²) in [6.07, 6.45) is 2.11. The molecule has 1 aliphatic rings. The van der Waals surface area contributed by atoms with Gasteiger partial charge in [0.25, 0.3) is 5.91 Å². The van der Waals surface area contributed by atoms with E-state index in [4.69, 9.17) is 0 Å². The molecule has 180 valence electrons. The highest BCUT2D eigenvalue weighted by Gasteiger charge is 2.24. The molecule has 0 spiro atoms. The van der Waals surface area contributed by atoms with Crippen LogP contribution in [0, 0.1) is 30.9 Å². The molecule has 3 aromatic rings. The van der Waals surface area contributed by atoms with Gasteiger partial charge in [-0.15, -0.1) is 0 Å². The molecule has 2 aromatic heterocycles. The summed E-state index contributed by atoms with van der Waals surface area (Å²) >= 11 is 0. The lowest BCUT2D eigenvalue weighted by Gasteiger charge is -2.34. The maximum absolute atomic E-state index is 13.2. The molecule has 0 aliphatic carbocycles. The summed E-state index contributed by atoms with van der Waals surface area (Å²) in [5, 5.41) is 20.1. The number of benzene rings is 1. The van der Waals surface area contributed by atoms with E-state index in [9.17, 15) is 14.9 Å².